The lowest BCUT2D eigenvalue weighted by atomic mass is 9.84. The topological polar surface area (TPSA) is 98.0 Å². The minimum atomic E-state index is -4.42. The lowest BCUT2D eigenvalue weighted by molar-refractivity contribution is -0.143. The van der Waals surface area contributed by atoms with Crippen LogP contribution in [0.4, 0.5) is 18.0 Å². The summed E-state index contributed by atoms with van der Waals surface area (Å²) in [5.41, 5.74) is -0.0285. The molecule has 4 rings (SSSR count). The molecule has 0 saturated carbocycles. The predicted octanol–water partition coefficient (Wildman–Crippen LogP) is 3.18. The number of piperidine rings is 1. The summed E-state index contributed by atoms with van der Waals surface area (Å²) in [6, 6.07) is 4.86. The summed E-state index contributed by atoms with van der Waals surface area (Å²) in [6.45, 7) is 3.65. The molecule has 2 aromatic rings. The molecule has 0 spiro atoms. The largest absolute Gasteiger partial charge is 0.456 e. The Kier molecular flexibility index (Phi) is 7.05. The van der Waals surface area contributed by atoms with Crippen molar-refractivity contribution in [1.29, 1.82) is 0 Å². The number of likely N-dealkylation sites (tertiary alicyclic amines) is 1. The molecule has 0 bridgehead atoms. The van der Waals surface area contributed by atoms with Crippen LogP contribution in [0, 0.1) is 0 Å². The van der Waals surface area contributed by atoms with E-state index in [1.807, 2.05) is 0 Å². The summed E-state index contributed by atoms with van der Waals surface area (Å²) >= 11 is 0. The molecule has 2 fully saturated rings. The predicted molar refractivity (Wildman–Crippen MR) is 111 cm³/mol. The lowest BCUT2D eigenvalue weighted by Crippen LogP contribution is -2.52. The Bertz CT molecular complexity index is 1000. The van der Waals surface area contributed by atoms with Crippen molar-refractivity contribution in [1.82, 2.24) is 19.9 Å². The number of hydrogen-bond donors (Lipinski definition) is 0. The molecule has 0 radical (unpaired) electrons. The van der Waals surface area contributed by atoms with E-state index in [1.165, 1.54) is 19.1 Å². The van der Waals surface area contributed by atoms with E-state index >= 15 is 0 Å². The number of carbonyl (C=O) groups excluding carboxylic acids is 2. The number of urea groups is 1. The molecular weight excluding hydrogens is 457 g/mol. The summed E-state index contributed by atoms with van der Waals surface area (Å²) < 4.78 is 54.4. The van der Waals surface area contributed by atoms with Gasteiger partial charge in [0.15, 0.2) is 12.4 Å². The fourth-order valence-corrected chi connectivity index (χ4v) is 4.24. The van der Waals surface area contributed by atoms with Gasteiger partial charge in [-0.2, -0.15) is 18.2 Å². The van der Waals surface area contributed by atoms with Crippen LogP contribution in [-0.2, 0) is 27.1 Å². The fraction of sp³-hybridized carbons (Fsp3) is 0.545. The summed E-state index contributed by atoms with van der Waals surface area (Å²) in [6.07, 6.45) is -3.90. The van der Waals surface area contributed by atoms with Crippen LogP contribution in [-0.4, -0.2) is 71.3 Å². The Morgan fingerprint density at radius 1 is 1.09 bits per heavy atom. The second-order valence-corrected chi connectivity index (χ2v) is 8.36. The molecule has 2 aliphatic heterocycles. The molecule has 0 N–H and O–H groups in total. The maximum Gasteiger partial charge on any atom is 0.416 e. The van der Waals surface area contributed by atoms with Gasteiger partial charge in [0.1, 0.15) is 0 Å². The third-order valence-corrected chi connectivity index (χ3v) is 5.96. The van der Waals surface area contributed by atoms with Gasteiger partial charge < -0.3 is 23.8 Å². The molecular formula is C22H25F3N4O5. The lowest BCUT2D eigenvalue weighted by Gasteiger charge is -2.40. The van der Waals surface area contributed by atoms with E-state index in [1.54, 1.807) is 9.80 Å². The van der Waals surface area contributed by atoms with Gasteiger partial charge in [-0.05, 0) is 24.1 Å². The van der Waals surface area contributed by atoms with Crippen molar-refractivity contribution in [2.75, 3.05) is 39.4 Å². The van der Waals surface area contributed by atoms with E-state index in [-0.39, 0.29) is 30.4 Å². The number of amides is 2. The number of rotatable bonds is 4. The number of carbonyl (C=O) groups is 2. The Balaban J connectivity index is 1.56. The zero-order valence-corrected chi connectivity index (χ0v) is 18.6. The van der Waals surface area contributed by atoms with Crippen LogP contribution >= 0.6 is 0 Å². The Labute approximate surface area is 193 Å². The van der Waals surface area contributed by atoms with Crippen molar-refractivity contribution in [2.24, 2.45) is 0 Å². The molecule has 2 atom stereocenters. The maximum absolute atomic E-state index is 13.2. The van der Waals surface area contributed by atoms with Crippen LogP contribution in [0.15, 0.2) is 28.8 Å². The van der Waals surface area contributed by atoms with Crippen molar-refractivity contribution in [2.45, 2.75) is 38.0 Å². The van der Waals surface area contributed by atoms with Crippen molar-refractivity contribution in [3.05, 3.63) is 47.1 Å². The van der Waals surface area contributed by atoms with Gasteiger partial charge in [-0.3, -0.25) is 4.79 Å². The van der Waals surface area contributed by atoms with Crippen LogP contribution in [0.2, 0.25) is 0 Å². The number of esters is 1. The van der Waals surface area contributed by atoms with Crippen molar-refractivity contribution >= 4 is 12.0 Å². The van der Waals surface area contributed by atoms with Crippen LogP contribution in [0.1, 0.15) is 48.0 Å². The first-order valence-electron chi connectivity index (χ1n) is 11.0. The van der Waals surface area contributed by atoms with Gasteiger partial charge in [-0.25, -0.2) is 4.79 Å². The smallest absolute Gasteiger partial charge is 0.416 e. The molecule has 2 saturated heterocycles. The standard InChI is InChI=1S/C22H25F3N4O5/c1-14(30)33-13-19-26-20(27-34-19)17-10-16(15-2-4-18(5-3-15)22(23,24)25)11-29(12-17)21(31)28-6-8-32-9-7-28/h2-5,16-17H,6-13H2,1H3. The molecule has 184 valence electrons. The molecule has 0 aliphatic carbocycles. The van der Waals surface area contributed by atoms with E-state index in [4.69, 9.17) is 14.0 Å². The molecule has 2 aliphatic rings. The first kappa shape index (κ1) is 24.0. The fourth-order valence-electron chi connectivity index (χ4n) is 4.24. The van der Waals surface area contributed by atoms with E-state index in [0.717, 1.165) is 12.1 Å². The Morgan fingerprint density at radius 3 is 2.41 bits per heavy atom. The molecule has 12 heteroatoms. The zero-order valence-electron chi connectivity index (χ0n) is 18.6. The summed E-state index contributed by atoms with van der Waals surface area (Å²) in [5.74, 6) is -0.518. The van der Waals surface area contributed by atoms with Crippen LogP contribution in [0.5, 0.6) is 0 Å². The van der Waals surface area contributed by atoms with E-state index in [0.29, 0.717) is 57.2 Å². The minimum absolute atomic E-state index is 0.132. The van der Waals surface area contributed by atoms with E-state index in [9.17, 15) is 22.8 Å². The SMILES string of the molecule is CC(=O)OCc1nc(C2CC(c3ccc(C(F)(F)F)cc3)CN(C(=O)N3CCOCC3)C2)no1. The van der Waals surface area contributed by atoms with Crippen molar-refractivity contribution in [3.8, 4) is 0 Å². The van der Waals surface area contributed by atoms with Gasteiger partial charge in [-0.15, -0.1) is 0 Å². The number of benzene rings is 1. The monoisotopic (exact) mass is 482 g/mol. The molecule has 2 unspecified atom stereocenters. The second kappa shape index (κ2) is 10.00. The molecule has 9 nitrogen and oxygen atoms in total. The van der Waals surface area contributed by atoms with Crippen LogP contribution in [0.3, 0.4) is 0 Å². The summed E-state index contributed by atoms with van der Waals surface area (Å²) in [4.78, 5) is 31.9. The number of aromatic nitrogens is 2. The van der Waals surface area contributed by atoms with Gasteiger partial charge in [-0.1, -0.05) is 17.3 Å². The van der Waals surface area contributed by atoms with E-state index < -0.39 is 17.7 Å². The van der Waals surface area contributed by atoms with Gasteiger partial charge in [0.2, 0.25) is 0 Å². The number of nitrogens with zero attached hydrogens (tertiary/aromatic N) is 4. The highest BCUT2D eigenvalue weighted by Crippen LogP contribution is 2.37. The quantitative estimate of drug-likeness (QED) is 0.618. The zero-order chi connectivity index (χ0) is 24.3. The second-order valence-electron chi connectivity index (χ2n) is 8.36. The number of alkyl halides is 3. The van der Waals surface area contributed by atoms with Crippen molar-refractivity contribution in [3.63, 3.8) is 0 Å². The van der Waals surface area contributed by atoms with Gasteiger partial charge >= 0.3 is 18.2 Å². The van der Waals surface area contributed by atoms with Crippen LogP contribution in [0.25, 0.3) is 0 Å². The highest BCUT2D eigenvalue weighted by Gasteiger charge is 2.37. The summed E-state index contributed by atoms with van der Waals surface area (Å²) in [5, 5.41) is 4.00. The molecule has 34 heavy (non-hydrogen) atoms. The Hall–Kier alpha value is -3.15. The molecule has 1 aromatic heterocycles. The first-order valence-corrected chi connectivity index (χ1v) is 11.0. The maximum atomic E-state index is 13.2. The Morgan fingerprint density at radius 2 is 1.76 bits per heavy atom. The molecule has 1 aromatic carbocycles. The highest BCUT2D eigenvalue weighted by molar-refractivity contribution is 5.75. The van der Waals surface area contributed by atoms with E-state index in [2.05, 4.69) is 10.1 Å². The number of ether oxygens (including phenoxy) is 2. The normalized spacial score (nSPS) is 21.4. The summed E-state index contributed by atoms with van der Waals surface area (Å²) in [7, 11) is 0. The van der Waals surface area contributed by atoms with Gasteiger partial charge in [0.25, 0.3) is 5.89 Å². The minimum Gasteiger partial charge on any atom is -0.456 e. The average Bonchev–Trinajstić information content (AvgIpc) is 3.31. The number of morpholine rings is 1. The van der Waals surface area contributed by atoms with Crippen molar-refractivity contribution < 1.29 is 36.8 Å². The molecule has 2 amide bonds. The highest BCUT2D eigenvalue weighted by atomic mass is 19.4. The van der Waals surface area contributed by atoms with Crippen LogP contribution < -0.4 is 0 Å². The third kappa shape index (κ3) is 5.66. The molecule has 3 heterocycles. The number of halogens is 3. The first-order chi connectivity index (χ1) is 16.2. The third-order valence-electron chi connectivity index (χ3n) is 5.96. The average molecular weight is 482 g/mol. The number of hydrogen-bond acceptors (Lipinski definition) is 7. The van der Waals surface area contributed by atoms with Gasteiger partial charge in [0, 0.05) is 44.9 Å². The van der Waals surface area contributed by atoms with Gasteiger partial charge in [0.05, 0.1) is 18.8 Å².